The van der Waals surface area contributed by atoms with Gasteiger partial charge in [0, 0.05) is 25.1 Å². The maximum absolute atomic E-state index is 13.2. The van der Waals surface area contributed by atoms with Gasteiger partial charge in [0.05, 0.1) is 6.04 Å². The standard InChI is InChI=1S/C27H36N2O2/c1-20-9-10-26-25(17-20)19-29(21(2)22(3)31-26)27(30)13-16-28-14-11-24(12-15-28)18-23-7-5-4-6-8-23/h4-10,17,21-22,24H,11-16,18-19H2,1-3H3/t21-,22+/m0/s1. The van der Waals surface area contributed by atoms with Gasteiger partial charge in [-0.2, -0.15) is 0 Å². The highest BCUT2D eigenvalue weighted by molar-refractivity contribution is 5.77. The number of amides is 1. The van der Waals surface area contributed by atoms with Crippen LogP contribution < -0.4 is 4.74 Å². The first-order valence-electron chi connectivity index (χ1n) is 11.8. The van der Waals surface area contributed by atoms with Crippen LogP contribution in [0.4, 0.5) is 0 Å². The number of rotatable bonds is 5. The van der Waals surface area contributed by atoms with E-state index in [1.54, 1.807) is 0 Å². The Morgan fingerprint density at radius 3 is 2.55 bits per heavy atom. The number of aryl methyl sites for hydroxylation is 1. The van der Waals surface area contributed by atoms with Gasteiger partial charge in [0.2, 0.25) is 5.91 Å². The first kappa shape index (κ1) is 21.9. The van der Waals surface area contributed by atoms with Crippen molar-refractivity contribution in [1.29, 1.82) is 0 Å². The third-order valence-corrected chi connectivity index (χ3v) is 7.08. The molecule has 166 valence electrons. The van der Waals surface area contributed by atoms with Crippen LogP contribution in [0.15, 0.2) is 48.5 Å². The molecule has 0 bridgehead atoms. The zero-order valence-corrected chi connectivity index (χ0v) is 19.2. The lowest BCUT2D eigenvalue weighted by Gasteiger charge is -2.34. The van der Waals surface area contributed by atoms with E-state index in [9.17, 15) is 4.79 Å². The number of ether oxygens (including phenoxy) is 1. The first-order valence-corrected chi connectivity index (χ1v) is 11.8. The van der Waals surface area contributed by atoms with Crippen LogP contribution in [0.3, 0.4) is 0 Å². The van der Waals surface area contributed by atoms with Crippen molar-refractivity contribution < 1.29 is 9.53 Å². The Bertz CT molecular complexity index is 874. The second-order valence-electron chi connectivity index (χ2n) is 9.42. The van der Waals surface area contributed by atoms with E-state index in [0.29, 0.717) is 13.0 Å². The maximum atomic E-state index is 13.2. The largest absolute Gasteiger partial charge is 0.488 e. The van der Waals surface area contributed by atoms with Gasteiger partial charge >= 0.3 is 0 Å². The number of carbonyl (C=O) groups excluding carboxylic acids is 1. The van der Waals surface area contributed by atoms with Gasteiger partial charge < -0.3 is 14.5 Å². The van der Waals surface area contributed by atoms with Gasteiger partial charge in [0.25, 0.3) is 0 Å². The lowest BCUT2D eigenvalue weighted by Crippen LogP contribution is -2.45. The molecule has 0 aliphatic carbocycles. The summed E-state index contributed by atoms with van der Waals surface area (Å²) in [5.74, 6) is 1.92. The molecule has 0 radical (unpaired) electrons. The lowest BCUT2D eigenvalue weighted by atomic mass is 9.90. The molecule has 4 heteroatoms. The van der Waals surface area contributed by atoms with Crippen molar-refractivity contribution in [3.05, 3.63) is 65.2 Å². The molecule has 0 unspecified atom stereocenters. The van der Waals surface area contributed by atoms with E-state index in [1.165, 1.54) is 30.4 Å². The van der Waals surface area contributed by atoms with Gasteiger partial charge in [-0.15, -0.1) is 0 Å². The third kappa shape index (κ3) is 5.48. The zero-order chi connectivity index (χ0) is 21.8. The molecule has 1 amide bonds. The predicted octanol–water partition coefficient (Wildman–Crippen LogP) is 4.84. The summed E-state index contributed by atoms with van der Waals surface area (Å²) in [5.41, 5.74) is 3.76. The Balaban J connectivity index is 1.29. The van der Waals surface area contributed by atoms with Gasteiger partial charge in [0.1, 0.15) is 11.9 Å². The fourth-order valence-electron chi connectivity index (χ4n) is 4.90. The molecule has 2 atom stereocenters. The lowest BCUT2D eigenvalue weighted by molar-refractivity contribution is -0.135. The molecule has 2 heterocycles. The van der Waals surface area contributed by atoms with E-state index < -0.39 is 0 Å². The molecule has 0 spiro atoms. The molecule has 0 aromatic heterocycles. The number of likely N-dealkylation sites (tertiary alicyclic amines) is 1. The summed E-state index contributed by atoms with van der Waals surface area (Å²) in [5, 5.41) is 0. The van der Waals surface area contributed by atoms with Crippen molar-refractivity contribution >= 4 is 5.91 Å². The number of carbonyl (C=O) groups is 1. The molecule has 2 aromatic rings. The molecule has 0 N–H and O–H groups in total. The molecule has 1 fully saturated rings. The van der Waals surface area contributed by atoms with Gasteiger partial charge in [-0.1, -0.05) is 48.0 Å². The van der Waals surface area contributed by atoms with Gasteiger partial charge in [0.15, 0.2) is 0 Å². The molecule has 2 aliphatic rings. The van der Waals surface area contributed by atoms with Crippen molar-refractivity contribution in [3.63, 3.8) is 0 Å². The normalized spacial score (nSPS) is 22.5. The van der Waals surface area contributed by atoms with E-state index in [0.717, 1.165) is 36.9 Å². The average molecular weight is 421 g/mol. The van der Waals surface area contributed by atoms with Crippen molar-refractivity contribution in [2.24, 2.45) is 5.92 Å². The Morgan fingerprint density at radius 2 is 1.81 bits per heavy atom. The van der Waals surface area contributed by atoms with Crippen LogP contribution in [-0.2, 0) is 17.8 Å². The Morgan fingerprint density at radius 1 is 1.06 bits per heavy atom. The van der Waals surface area contributed by atoms with Crippen LogP contribution in [0.5, 0.6) is 5.75 Å². The van der Waals surface area contributed by atoms with Crippen LogP contribution >= 0.6 is 0 Å². The second kappa shape index (κ2) is 9.86. The molecule has 2 aliphatic heterocycles. The summed E-state index contributed by atoms with van der Waals surface area (Å²) in [6.07, 6.45) is 4.19. The molecule has 0 saturated carbocycles. The number of piperidine rings is 1. The van der Waals surface area contributed by atoms with Crippen LogP contribution in [-0.4, -0.2) is 47.5 Å². The predicted molar refractivity (Wildman–Crippen MR) is 125 cm³/mol. The van der Waals surface area contributed by atoms with Crippen LogP contribution in [0.2, 0.25) is 0 Å². The number of benzene rings is 2. The van der Waals surface area contributed by atoms with Crippen LogP contribution in [0, 0.1) is 12.8 Å². The van der Waals surface area contributed by atoms with E-state index in [-0.39, 0.29) is 18.1 Å². The number of fused-ring (bicyclic) bond motifs is 1. The summed E-state index contributed by atoms with van der Waals surface area (Å²) < 4.78 is 6.16. The number of hydrogen-bond acceptors (Lipinski definition) is 3. The summed E-state index contributed by atoms with van der Waals surface area (Å²) in [7, 11) is 0. The summed E-state index contributed by atoms with van der Waals surface area (Å²) in [6.45, 7) is 9.96. The highest BCUT2D eigenvalue weighted by atomic mass is 16.5. The Hall–Kier alpha value is -2.33. The summed E-state index contributed by atoms with van der Waals surface area (Å²) in [4.78, 5) is 17.7. The maximum Gasteiger partial charge on any atom is 0.224 e. The second-order valence-corrected chi connectivity index (χ2v) is 9.42. The van der Waals surface area contributed by atoms with Crippen molar-refractivity contribution in [2.45, 2.75) is 65.1 Å². The van der Waals surface area contributed by atoms with Gasteiger partial charge in [-0.05, 0) is 70.7 Å². The van der Waals surface area contributed by atoms with E-state index in [1.807, 2.05) is 11.0 Å². The summed E-state index contributed by atoms with van der Waals surface area (Å²) in [6, 6.07) is 17.2. The highest BCUT2D eigenvalue weighted by Gasteiger charge is 2.31. The minimum Gasteiger partial charge on any atom is -0.488 e. The minimum absolute atomic E-state index is 0.0124. The van der Waals surface area contributed by atoms with E-state index >= 15 is 0 Å². The monoisotopic (exact) mass is 420 g/mol. The first-order chi connectivity index (χ1) is 15.0. The molecule has 4 nitrogen and oxygen atoms in total. The Labute approximate surface area is 187 Å². The van der Waals surface area contributed by atoms with Gasteiger partial charge in [-0.25, -0.2) is 0 Å². The van der Waals surface area contributed by atoms with E-state index in [2.05, 4.69) is 68.1 Å². The molecular formula is C27H36N2O2. The zero-order valence-electron chi connectivity index (χ0n) is 19.2. The van der Waals surface area contributed by atoms with Crippen LogP contribution in [0.25, 0.3) is 0 Å². The fraction of sp³-hybridized carbons (Fsp3) is 0.519. The van der Waals surface area contributed by atoms with Crippen molar-refractivity contribution in [2.75, 3.05) is 19.6 Å². The quantitative estimate of drug-likeness (QED) is 0.694. The van der Waals surface area contributed by atoms with Crippen LogP contribution in [0.1, 0.15) is 49.8 Å². The molecule has 1 saturated heterocycles. The molecular weight excluding hydrogens is 384 g/mol. The van der Waals surface area contributed by atoms with Gasteiger partial charge in [-0.3, -0.25) is 4.79 Å². The van der Waals surface area contributed by atoms with E-state index in [4.69, 9.17) is 4.74 Å². The topological polar surface area (TPSA) is 32.8 Å². The third-order valence-electron chi connectivity index (χ3n) is 7.08. The molecule has 2 aromatic carbocycles. The highest BCUT2D eigenvalue weighted by Crippen LogP contribution is 2.29. The SMILES string of the molecule is Cc1ccc2c(c1)CN(C(=O)CCN1CCC(Cc3ccccc3)CC1)[C@@H](C)[C@@H](C)O2. The number of hydrogen-bond donors (Lipinski definition) is 0. The number of nitrogens with zero attached hydrogens (tertiary/aromatic N) is 2. The smallest absolute Gasteiger partial charge is 0.224 e. The van der Waals surface area contributed by atoms with Crippen molar-refractivity contribution in [1.82, 2.24) is 9.80 Å². The Kier molecular flexibility index (Phi) is 6.96. The van der Waals surface area contributed by atoms with Crippen molar-refractivity contribution in [3.8, 4) is 5.75 Å². The average Bonchev–Trinajstić information content (AvgIpc) is 2.90. The molecule has 31 heavy (non-hydrogen) atoms. The molecule has 4 rings (SSSR count). The fourth-order valence-corrected chi connectivity index (χ4v) is 4.90. The summed E-state index contributed by atoms with van der Waals surface area (Å²) >= 11 is 0. The minimum atomic E-state index is -0.0124.